The average molecular weight is 298 g/mol. The van der Waals surface area contributed by atoms with E-state index in [1.165, 1.54) is 0 Å². The minimum absolute atomic E-state index is 0.0178. The van der Waals surface area contributed by atoms with Crippen LogP contribution in [-0.4, -0.2) is 41.1 Å². The van der Waals surface area contributed by atoms with Crippen molar-refractivity contribution in [2.24, 2.45) is 17.3 Å². The van der Waals surface area contributed by atoms with Crippen molar-refractivity contribution in [2.45, 2.75) is 59.9 Å². The number of carbonyl (C=O) groups is 2. The number of aliphatic carboxylic acids is 1. The maximum Gasteiger partial charge on any atom is 0.317 e. The van der Waals surface area contributed by atoms with Gasteiger partial charge in [-0.1, -0.05) is 40.5 Å². The second-order valence-corrected chi connectivity index (χ2v) is 6.60. The number of carboxylic acids is 1. The van der Waals surface area contributed by atoms with Gasteiger partial charge in [0.15, 0.2) is 0 Å². The fourth-order valence-electron chi connectivity index (χ4n) is 3.30. The van der Waals surface area contributed by atoms with E-state index in [1.807, 2.05) is 20.8 Å². The summed E-state index contributed by atoms with van der Waals surface area (Å²) in [6.45, 7) is 10.9. The van der Waals surface area contributed by atoms with Crippen molar-refractivity contribution in [2.75, 3.05) is 13.1 Å². The molecule has 1 aliphatic rings. The molecular weight excluding hydrogens is 268 g/mol. The monoisotopic (exact) mass is 298 g/mol. The fourth-order valence-corrected chi connectivity index (χ4v) is 3.30. The SMILES string of the molecule is CCC(CC)C(C)NC(=O)N1CCC(C(=O)O)(C(C)C)C1. The highest BCUT2D eigenvalue weighted by Crippen LogP contribution is 2.38. The third-order valence-corrected chi connectivity index (χ3v) is 5.23. The highest BCUT2D eigenvalue weighted by atomic mass is 16.4. The number of nitrogens with zero attached hydrogens (tertiary/aromatic N) is 1. The Labute approximate surface area is 128 Å². The molecule has 0 aliphatic carbocycles. The van der Waals surface area contributed by atoms with Gasteiger partial charge in [-0.25, -0.2) is 4.79 Å². The molecule has 0 saturated carbocycles. The van der Waals surface area contributed by atoms with Crippen LogP contribution < -0.4 is 5.32 Å². The molecule has 2 atom stereocenters. The van der Waals surface area contributed by atoms with Crippen molar-refractivity contribution in [3.05, 3.63) is 0 Å². The maximum absolute atomic E-state index is 12.3. The van der Waals surface area contributed by atoms with Gasteiger partial charge in [0.25, 0.3) is 0 Å². The number of carbonyl (C=O) groups excluding carboxylic acids is 1. The van der Waals surface area contributed by atoms with Crippen LogP contribution in [0.5, 0.6) is 0 Å². The largest absolute Gasteiger partial charge is 0.481 e. The Morgan fingerprint density at radius 3 is 2.19 bits per heavy atom. The summed E-state index contributed by atoms with van der Waals surface area (Å²) in [6, 6.07) is -0.00967. The summed E-state index contributed by atoms with van der Waals surface area (Å²) in [4.78, 5) is 25.6. The van der Waals surface area contributed by atoms with Gasteiger partial charge in [0.05, 0.1) is 5.41 Å². The zero-order chi connectivity index (χ0) is 16.2. The molecular formula is C16H30N2O3. The van der Waals surface area contributed by atoms with Gasteiger partial charge in [0.1, 0.15) is 0 Å². The Morgan fingerprint density at radius 2 is 1.81 bits per heavy atom. The molecule has 1 fully saturated rings. The van der Waals surface area contributed by atoms with Crippen LogP contribution in [0.4, 0.5) is 4.79 Å². The van der Waals surface area contributed by atoms with Crippen molar-refractivity contribution in [3.8, 4) is 0 Å². The summed E-state index contributed by atoms with van der Waals surface area (Å²) in [7, 11) is 0. The van der Waals surface area contributed by atoms with E-state index in [0.29, 0.717) is 25.4 Å². The van der Waals surface area contributed by atoms with Crippen LogP contribution in [0.25, 0.3) is 0 Å². The van der Waals surface area contributed by atoms with E-state index >= 15 is 0 Å². The number of hydrogen-bond donors (Lipinski definition) is 2. The Hall–Kier alpha value is -1.26. The molecule has 1 aliphatic heterocycles. The van der Waals surface area contributed by atoms with Crippen LogP contribution in [0, 0.1) is 17.3 Å². The summed E-state index contributed by atoms with van der Waals surface area (Å²) in [6.07, 6.45) is 2.60. The standard InChI is InChI=1S/C16H30N2O3/c1-6-13(7-2)12(5)17-15(21)18-9-8-16(10-18,11(3)4)14(19)20/h11-13H,6-10H2,1-5H3,(H,17,21)(H,19,20). The van der Waals surface area contributed by atoms with Crippen LogP contribution in [0.3, 0.4) is 0 Å². The van der Waals surface area contributed by atoms with Crippen molar-refractivity contribution >= 4 is 12.0 Å². The average Bonchev–Trinajstić information content (AvgIpc) is 2.86. The number of hydrogen-bond acceptors (Lipinski definition) is 2. The number of urea groups is 1. The number of nitrogens with one attached hydrogen (secondary N) is 1. The molecule has 5 nitrogen and oxygen atoms in total. The third kappa shape index (κ3) is 3.69. The molecule has 5 heteroatoms. The molecule has 1 rings (SSSR count). The van der Waals surface area contributed by atoms with Gasteiger partial charge in [-0.15, -0.1) is 0 Å². The number of rotatable bonds is 6. The molecule has 2 unspecified atom stereocenters. The van der Waals surface area contributed by atoms with E-state index in [0.717, 1.165) is 12.8 Å². The smallest absolute Gasteiger partial charge is 0.317 e. The Bertz CT molecular complexity index is 380. The lowest BCUT2D eigenvalue weighted by Crippen LogP contribution is -2.47. The molecule has 122 valence electrons. The lowest BCUT2D eigenvalue weighted by molar-refractivity contribution is -0.150. The lowest BCUT2D eigenvalue weighted by atomic mass is 9.76. The van der Waals surface area contributed by atoms with Gasteiger partial charge >= 0.3 is 12.0 Å². The van der Waals surface area contributed by atoms with Crippen molar-refractivity contribution in [1.29, 1.82) is 0 Å². The molecule has 0 aromatic carbocycles. The zero-order valence-electron chi connectivity index (χ0n) is 14.0. The van der Waals surface area contributed by atoms with Gasteiger partial charge in [-0.05, 0) is 25.2 Å². The van der Waals surface area contributed by atoms with Crippen LogP contribution in [-0.2, 0) is 4.79 Å². The van der Waals surface area contributed by atoms with Crippen molar-refractivity contribution < 1.29 is 14.7 Å². The van der Waals surface area contributed by atoms with E-state index in [2.05, 4.69) is 19.2 Å². The molecule has 1 heterocycles. The van der Waals surface area contributed by atoms with Crippen LogP contribution >= 0.6 is 0 Å². The molecule has 2 N–H and O–H groups in total. The topological polar surface area (TPSA) is 69.6 Å². The number of likely N-dealkylation sites (tertiary alicyclic amines) is 1. The quantitative estimate of drug-likeness (QED) is 0.792. The second-order valence-electron chi connectivity index (χ2n) is 6.60. The molecule has 2 amide bonds. The van der Waals surface area contributed by atoms with E-state index < -0.39 is 11.4 Å². The highest BCUT2D eigenvalue weighted by molar-refractivity contribution is 5.80. The highest BCUT2D eigenvalue weighted by Gasteiger charge is 2.48. The second kappa shape index (κ2) is 7.14. The normalized spacial score (nSPS) is 23.7. The summed E-state index contributed by atoms with van der Waals surface area (Å²) >= 11 is 0. The zero-order valence-corrected chi connectivity index (χ0v) is 14.0. The first-order valence-corrected chi connectivity index (χ1v) is 8.07. The van der Waals surface area contributed by atoms with Gasteiger partial charge in [0, 0.05) is 19.1 Å². The molecule has 21 heavy (non-hydrogen) atoms. The Kier molecular flexibility index (Phi) is 6.05. The minimum atomic E-state index is -0.796. The fraction of sp³-hybridized carbons (Fsp3) is 0.875. The van der Waals surface area contributed by atoms with Gasteiger partial charge in [-0.2, -0.15) is 0 Å². The molecule has 0 aromatic rings. The summed E-state index contributed by atoms with van der Waals surface area (Å²) in [5.41, 5.74) is -0.796. The van der Waals surface area contributed by atoms with Gasteiger partial charge in [0.2, 0.25) is 0 Å². The first-order valence-electron chi connectivity index (χ1n) is 8.07. The minimum Gasteiger partial charge on any atom is -0.481 e. The van der Waals surface area contributed by atoms with Crippen molar-refractivity contribution in [1.82, 2.24) is 10.2 Å². The maximum atomic E-state index is 12.3. The van der Waals surface area contributed by atoms with E-state index in [4.69, 9.17) is 0 Å². The molecule has 0 spiro atoms. The number of amides is 2. The van der Waals surface area contributed by atoms with Gasteiger partial charge in [-0.3, -0.25) is 4.79 Å². The van der Waals surface area contributed by atoms with Gasteiger partial charge < -0.3 is 15.3 Å². The lowest BCUT2D eigenvalue weighted by Gasteiger charge is -2.30. The van der Waals surface area contributed by atoms with Crippen molar-refractivity contribution in [3.63, 3.8) is 0 Å². The Morgan fingerprint density at radius 1 is 1.24 bits per heavy atom. The third-order valence-electron chi connectivity index (χ3n) is 5.23. The molecule has 0 radical (unpaired) electrons. The summed E-state index contributed by atoms with van der Waals surface area (Å²) in [5.74, 6) is -0.309. The Balaban J connectivity index is 2.68. The molecule has 1 saturated heterocycles. The first-order chi connectivity index (χ1) is 9.78. The summed E-state index contributed by atoms with van der Waals surface area (Å²) < 4.78 is 0. The first kappa shape index (κ1) is 17.8. The summed E-state index contributed by atoms with van der Waals surface area (Å²) in [5, 5.41) is 12.6. The van der Waals surface area contributed by atoms with Crippen LogP contribution in [0.1, 0.15) is 53.9 Å². The number of carboxylic acid groups (broad SMARTS) is 1. The van der Waals surface area contributed by atoms with E-state index in [9.17, 15) is 14.7 Å². The molecule has 0 aromatic heterocycles. The van der Waals surface area contributed by atoms with Crippen LogP contribution in [0.2, 0.25) is 0 Å². The van der Waals surface area contributed by atoms with Crippen LogP contribution in [0.15, 0.2) is 0 Å². The van der Waals surface area contributed by atoms with E-state index in [-0.39, 0.29) is 18.0 Å². The predicted molar refractivity (Wildman–Crippen MR) is 83.2 cm³/mol. The van der Waals surface area contributed by atoms with E-state index in [1.54, 1.807) is 4.90 Å². The predicted octanol–water partition coefficient (Wildman–Crippen LogP) is 2.95. The molecule has 0 bridgehead atoms.